The van der Waals surface area contributed by atoms with Gasteiger partial charge in [0.25, 0.3) is 0 Å². The smallest absolute Gasteiger partial charge is 0.323 e. The Balaban J connectivity index is 2.00. The molecule has 1 aromatic heterocycles. The summed E-state index contributed by atoms with van der Waals surface area (Å²) < 4.78 is 5.47. The summed E-state index contributed by atoms with van der Waals surface area (Å²) in [7, 11) is 1.79. The minimum Gasteiger partial charge on any atom is -0.463 e. The molecular weight excluding hydrogens is 242 g/mol. The minimum absolute atomic E-state index is 0.374. The van der Waals surface area contributed by atoms with E-state index in [0.29, 0.717) is 30.6 Å². The van der Waals surface area contributed by atoms with Crippen LogP contribution in [0.2, 0.25) is 0 Å². The van der Waals surface area contributed by atoms with Crippen LogP contribution in [0.3, 0.4) is 0 Å². The third kappa shape index (κ3) is 4.54. The number of aromatic nitrogens is 3. The first kappa shape index (κ1) is 13.8. The molecule has 1 unspecified atom stereocenters. The highest BCUT2D eigenvalue weighted by Gasteiger charge is 2.24. The Morgan fingerprint density at radius 3 is 2.63 bits per heavy atom. The van der Waals surface area contributed by atoms with Gasteiger partial charge in [0.15, 0.2) is 0 Å². The van der Waals surface area contributed by atoms with Gasteiger partial charge in [-0.2, -0.15) is 15.0 Å². The first-order valence-corrected chi connectivity index (χ1v) is 7.04. The second-order valence-electron chi connectivity index (χ2n) is 5.09. The molecule has 1 saturated carbocycles. The van der Waals surface area contributed by atoms with Crippen molar-refractivity contribution in [1.82, 2.24) is 15.0 Å². The third-order valence-electron chi connectivity index (χ3n) is 3.03. The standard InChI is InChI=1S/C13H23N5O/c1-4-7-19-13-17-11(14-3)16-12(18-13)15-9(2)8-10-5-6-10/h9-10H,4-8H2,1-3H3,(H2,14,15,16,17,18). The topological polar surface area (TPSA) is 72.0 Å². The predicted molar refractivity (Wildman–Crippen MR) is 75.6 cm³/mol. The summed E-state index contributed by atoms with van der Waals surface area (Å²) in [5.74, 6) is 1.99. The summed E-state index contributed by atoms with van der Waals surface area (Å²) in [6, 6.07) is 0.751. The van der Waals surface area contributed by atoms with Gasteiger partial charge < -0.3 is 15.4 Å². The first-order chi connectivity index (χ1) is 9.21. The molecule has 6 heteroatoms. The Morgan fingerprint density at radius 1 is 1.26 bits per heavy atom. The van der Waals surface area contributed by atoms with E-state index in [-0.39, 0.29) is 0 Å². The van der Waals surface area contributed by atoms with E-state index in [2.05, 4.69) is 39.4 Å². The zero-order valence-electron chi connectivity index (χ0n) is 11.9. The fourth-order valence-corrected chi connectivity index (χ4v) is 1.92. The Kier molecular flexibility index (Phi) is 4.76. The van der Waals surface area contributed by atoms with Gasteiger partial charge in [-0.3, -0.25) is 0 Å². The summed E-state index contributed by atoms with van der Waals surface area (Å²) in [5.41, 5.74) is 0. The summed E-state index contributed by atoms with van der Waals surface area (Å²) in [6.45, 7) is 4.83. The lowest BCUT2D eigenvalue weighted by molar-refractivity contribution is 0.292. The minimum atomic E-state index is 0.374. The number of anilines is 2. The van der Waals surface area contributed by atoms with Crippen LogP contribution >= 0.6 is 0 Å². The van der Waals surface area contributed by atoms with E-state index in [1.165, 1.54) is 19.3 Å². The van der Waals surface area contributed by atoms with Gasteiger partial charge in [0, 0.05) is 13.1 Å². The molecule has 0 spiro atoms. The van der Waals surface area contributed by atoms with Crippen LogP contribution < -0.4 is 15.4 Å². The number of nitrogens with one attached hydrogen (secondary N) is 2. The maximum atomic E-state index is 5.47. The van der Waals surface area contributed by atoms with Crippen LogP contribution in [-0.4, -0.2) is 34.6 Å². The largest absolute Gasteiger partial charge is 0.463 e. The molecular formula is C13H23N5O. The summed E-state index contributed by atoms with van der Waals surface area (Å²) in [6.07, 6.45) is 4.82. The SMILES string of the molecule is CCCOc1nc(NC)nc(NC(C)CC2CC2)n1. The molecule has 0 radical (unpaired) electrons. The van der Waals surface area contributed by atoms with E-state index in [9.17, 15) is 0 Å². The number of hydrogen-bond acceptors (Lipinski definition) is 6. The molecule has 0 aromatic carbocycles. The van der Waals surface area contributed by atoms with Crippen molar-refractivity contribution in [3.63, 3.8) is 0 Å². The van der Waals surface area contributed by atoms with E-state index >= 15 is 0 Å². The molecule has 2 rings (SSSR count). The molecule has 6 nitrogen and oxygen atoms in total. The highest BCUT2D eigenvalue weighted by Crippen LogP contribution is 2.33. The van der Waals surface area contributed by atoms with Crippen LogP contribution in [0.15, 0.2) is 0 Å². The Labute approximate surface area is 114 Å². The second-order valence-corrected chi connectivity index (χ2v) is 5.09. The van der Waals surface area contributed by atoms with Crippen molar-refractivity contribution in [1.29, 1.82) is 0 Å². The molecule has 0 aliphatic heterocycles. The van der Waals surface area contributed by atoms with Gasteiger partial charge in [-0.05, 0) is 25.7 Å². The highest BCUT2D eigenvalue weighted by molar-refractivity contribution is 5.36. The fourth-order valence-electron chi connectivity index (χ4n) is 1.92. The van der Waals surface area contributed by atoms with Gasteiger partial charge >= 0.3 is 6.01 Å². The van der Waals surface area contributed by atoms with Gasteiger partial charge in [0.2, 0.25) is 11.9 Å². The number of nitrogens with zero attached hydrogens (tertiary/aromatic N) is 3. The summed E-state index contributed by atoms with van der Waals surface area (Å²) in [5, 5.41) is 6.25. The molecule has 1 aliphatic rings. The first-order valence-electron chi connectivity index (χ1n) is 7.04. The van der Waals surface area contributed by atoms with Gasteiger partial charge in [-0.1, -0.05) is 19.8 Å². The molecule has 0 amide bonds. The number of rotatable bonds is 8. The molecule has 1 fully saturated rings. The van der Waals surface area contributed by atoms with Gasteiger partial charge in [-0.25, -0.2) is 0 Å². The van der Waals surface area contributed by atoms with Crippen molar-refractivity contribution in [2.24, 2.45) is 5.92 Å². The molecule has 1 aliphatic carbocycles. The molecule has 0 saturated heterocycles. The number of ether oxygens (including phenoxy) is 1. The van der Waals surface area contributed by atoms with Gasteiger partial charge in [-0.15, -0.1) is 0 Å². The van der Waals surface area contributed by atoms with Crippen molar-refractivity contribution in [2.45, 2.75) is 45.6 Å². The van der Waals surface area contributed by atoms with Crippen LogP contribution in [-0.2, 0) is 0 Å². The third-order valence-corrected chi connectivity index (χ3v) is 3.03. The normalized spacial score (nSPS) is 15.9. The van der Waals surface area contributed by atoms with E-state index < -0.39 is 0 Å². The van der Waals surface area contributed by atoms with Crippen molar-refractivity contribution >= 4 is 11.9 Å². The Bertz CT molecular complexity index is 408. The molecule has 106 valence electrons. The van der Waals surface area contributed by atoms with Crippen molar-refractivity contribution < 1.29 is 4.74 Å². The van der Waals surface area contributed by atoms with Crippen LogP contribution in [0.1, 0.15) is 39.5 Å². The molecule has 19 heavy (non-hydrogen) atoms. The second kappa shape index (κ2) is 6.54. The molecule has 0 bridgehead atoms. The molecule has 1 heterocycles. The molecule has 1 atom stereocenters. The van der Waals surface area contributed by atoms with E-state index in [1.54, 1.807) is 7.05 Å². The van der Waals surface area contributed by atoms with Crippen molar-refractivity contribution in [3.05, 3.63) is 0 Å². The van der Waals surface area contributed by atoms with Crippen LogP contribution in [0.5, 0.6) is 6.01 Å². The highest BCUT2D eigenvalue weighted by atomic mass is 16.5. The lowest BCUT2D eigenvalue weighted by Gasteiger charge is -2.14. The molecule has 2 N–H and O–H groups in total. The van der Waals surface area contributed by atoms with Crippen LogP contribution in [0, 0.1) is 5.92 Å². The van der Waals surface area contributed by atoms with E-state index in [1.807, 2.05) is 0 Å². The zero-order valence-corrected chi connectivity index (χ0v) is 11.9. The summed E-state index contributed by atoms with van der Waals surface area (Å²) >= 11 is 0. The quantitative estimate of drug-likeness (QED) is 0.751. The van der Waals surface area contributed by atoms with E-state index in [0.717, 1.165) is 12.3 Å². The maximum absolute atomic E-state index is 5.47. The summed E-state index contributed by atoms with van der Waals surface area (Å²) in [4.78, 5) is 12.8. The van der Waals surface area contributed by atoms with Gasteiger partial charge in [0.05, 0.1) is 6.61 Å². The van der Waals surface area contributed by atoms with Gasteiger partial charge in [0.1, 0.15) is 0 Å². The van der Waals surface area contributed by atoms with E-state index in [4.69, 9.17) is 4.74 Å². The zero-order chi connectivity index (χ0) is 13.7. The monoisotopic (exact) mass is 265 g/mol. The van der Waals surface area contributed by atoms with Crippen LogP contribution in [0.4, 0.5) is 11.9 Å². The predicted octanol–water partition coefficient (Wildman–Crippen LogP) is 2.30. The molecule has 1 aromatic rings. The lowest BCUT2D eigenvalue weighted by Crippen LogP contribution is -2.19. The average Bonchev–Trinajstić information content (AvgIpc) is 3.19. The van der Waals surface area contributed by atoms with Crippen LogP contribution in [0.25, 0.3) is 0 Å². The van der Waals surface area contributed by atoms with Crippen molar-refractivity contribution in [2.75, 3.05) is 24.3 Å². The lowest BCUT2D eigenvalue weighted by atomic mass is 10.2. The average molecular weight is 265 g/mol. The Hall–Kier alpha value is -1.59. The Morgan fingerprint density at radius 2 is 2.00 bits per heavy atom. The fraction of sp³-hybridized carbons (Fsp3) is 0.769. The van der Waals surface area contributed by atoms with Crippen molar-refractivity contribution in [3.8, 4) is 6.01 Å². The maximum Gasteiger partial charge on any atom is 0.323 e. The number of hydrogen-bond donors (Lipinski definition) is 2.